The van der Waals surface area contributed by atoms with Gasteiger partial charge < -0.3 is 15.2 Å². The number of amides is 1. The van der Waals surface area contributed by atoms with E-state index in [-0.39, 0.29) is 40.7 Å². The van der Waals surface area contributed by atoms with E-state index >= 15 is 0 Å². The van der Waals surface area contributed by atoms with Crippen molar-refractivity contribution in [2.45, 2.75) is 25.2 Å². The third-order valence-electron chi connectivity index (χ3n) is 2.91. The molecule has 0 spiro atoms. The molecule has 0 saturated carbocycles. The van der Waals surface area contributed by atoms with Crippen LogP contribution in [0.3, 0.4) is 0 Å². The van der Waals surface area contributed by atoms with Crippen LogP contribution in [-0.2, 0) is 14.8 Å². The van der Waals surface area contributed by atoms with E-state index in [4.69, 9.17) is 21.4 Å². The van der Waals surface area contributed by atoms with Gasteiger partial charge in [0, 0.05) is 19.7 Å². The number of benzene rings is 1. The summed E-state index contributed by atoms with van der Waals surface area (Å²) in [6, 6.07) is 4.06. The van der Waals surface area contributed by atoms with Crippen LogP contribution < -0.4 is 14.8 Å². The summed E-state index contributed by atoms with van der Waals surface area (Å²) in [7, 11) is -3.63. The monoisotopic (exact) mass is 378 g/mol. The number of rotatable bonds is 10. The highest BCUT2D eigenvalue weighted by Gasteiger charge is 2.16. The van der Waals surface area contributed by atoms with Crippen molar-refractivity contribution in [3.63, 3.8) is 0 Å². The van der Waals surface area contributed by atoms with E-state index in [0.29, 0.717) is 19.5 Å². The summed E-state index contributed by atoms with van der Waals surface area (Å²) in [6.07, 6.45) is 0.461. The molecule has 0 aliphatic heterocycles. The van der Waals surface area contributed by atoms with Crippen LogP contribution >= 0.6 is 11.6 Å². The van der Waals surface area contributed by atoms with E-state index in [2.05, 4.69) is 10.0 Å². The number of nitrogens with one attached hydrogen (secondary N) is 2. The van der Waals surface area contributed by atoms with Gasteiger partial charge in [0.05, 0.1) is 9.92 Å². The standard InChI is InChI=1S/C15H23ClN2O5S/c1-11(2)9-18-24(21,22)12-4-5-14(13(16)8-12)23-10-15(20)17-6-3-7-19/h4-5,8,11,18-19H,3,6-7,9-10H2,1-2H3,(H,17,20). The van der Waals surface area contributed by atoms with Crippen LogP contribution in [0, 0.1) is 5.92 Å². The van der Waals surface area contributed by atoms with Crippen LogP contribution in [0.5, 0.6) is 5.75 Å². The molecule has 0 heterocycles. The number of carbonyl (C=O) groups excluding carboxylic acids is 1. The van der Waals surface area contributed by atoms with Gasteiger partial charge >= 0.3 is 0 Å². The first-order valence-corrected chi connectivity index (χ1v) is 9.42. The summed E-state index contributed by atoms with van der Waals surface area (Å²) >= 11 is 6.03. The summed E-state index contributed by atoms with van der Waals surface area (Å²) < 4.78 is 32.0. The Balaban J connectivity index is 2.66. The third kappa shape index (κ3) is 7.04. The van der Waals surface area contributed by atoms with Crippen molar-refractivity contribution in [2.75, 3.05) is 26.3 Å². The van der Waals surface area contributed by atoms with Gasteiger partial charge in [0.15, 0.2) is 6.61 Å². The zero-order chi connectivity index (χ0) is 18.2. The predicted octanol–water partition coefficient (Wildman–Crippen LogP) is 1.15. The van der Waals surface area contributed by atoms with E-state index in [1.165, 1.54) is 18.2 Å². The molecule has 7 nitrogen and oxygen atoms in total. The van der Waals surface area contributed by atoms with E-state index in [0.717, 1.165) is 0 Å². The van der Waals surface area contributed by atoms with Gasteiger partial charge in [0.2, 0.25) is 10.0 Å². The Morgan fingerprint density at radius 1 is 1.38 bits per heavy atom. The summed E-state index contributed by atoms with van der Waals surface area (Å²) in [4.78, 5) is 11.5. The Morgan fingerprint density at radius 3 is 2.67 bits per heavy atom. The number of carbonyl (C=O) groups is 1. The maximum Gasteiger partial charge on any atom is 0.257 e. The molecule has 9 heteroatoms. The first kappa shape index (κ1) is 20.7. The van der Waals surface area contributed by atoms with Crippen LogP contribution in [0.2, 0.25) is 5.02 Å². The Kier molecular flexibility index (Phi) is 8.47. The molecular weight excluding hydrogens is 356 g/mol. The van der Waals surface area contributed by atoms with Gasteiger partial charge in [-0.25, -0.2) is 13.1 Å². The lowest BCUT2D eigenvalue weighted by Gasteiger charge is -2.11. The smallest absolute Gasteiger partial charge is 0.257 e. The molecule has 0 fully saturated rings. The summed E-state index contributed by atoms with van der Waals surface area (Å²) in [5, 5.41) is 11.3. The maximum atomic E-state index is 12.1. The van der Waals surface area contributed by atoms with Gasteiger partial charge in [-0.2, -0.15) is 0 Å². The fourth-order valence-electron chi connectivity index (χ4n) is 1.63. The second-order valence-electron chi connectivity index (χ2n) is 5.55. The minimum atomic E-state index is -3.63. The molecule has 136 valence electrons. The molecule has 24 heavy (non-hydrogen) atoms. The lowest BCUT2D eigenvalue weighted by Crippen LogP contribution is -2.30. The molecule has 0 aliphatic rings. The third-order valence-corrected chi connectivity index (χ3v) is 4.63. The second-order valence-corrected chi connectivity index (χ2v) is 7.73. The SMILES string of the molecule is CC(C)CNS(=O)(=O)c1ccc(OCC(=O)NCCCO)c(Cl)c1. The zero-order valence-corrected chi connectivity index (χ0v) is 15.3. The Morgan fingerprint density at radius 2 is 2.08 bits per heavy atom. The lowest BCUT2D eigenvalue weighted by molar-refractivity contribution is -0.123. The predicted molar refractivity (Wildman–Crippen MR) is 91.7 cm³/mol. The van der Waals surface area contributed by atoms with E-state index in [1.54, 1.807) is 0 Å². The summed E-state index contributed by atoms with van der Waals surface area (Å²) in [5.74, 6) is 0.0498. The van der Waals surface area contributed by atoms with E-state index in [1.807, 2.05) is 13.8 Å². The second kappa shape index (κ2) is 9.83. The normalized spacial score (nSPS) is 11.5. The van der Waals surface area contributed by atoms with Gasteiger partial charge in [0.1, 0.15) is 5.75 Å². The summed E-state index contributed by atoms with van der Waals surface area (Å²) in [6.45, 7) is 4.23. The Bertz CT molecular complexity index is 649. The average molecular weight is 379 g/mol. The lowest BCUT2D eigenvalue weighted by atomic mass is 10.2. The number of aliphatic hydroxyl groups is 1. The first-order chi connectivity index (χ1) is 11.3. The van der Waals surface area contributed by atoms with Crippen LogP contribution in [0.25, 0.3) is 0 Å². The van der Waals surface area contributed by atoms with Gasteiger partial charge in [0.25, 0.3) is 5.91 Å². The number of sulfonamides is 1. The molecule has 0 radical (unpaired) electrons. The molecule has 0 unspecified atom stereocenters. The van der Waals surface area contributed by atoms with E-state index < -0.39 is 10.0 Å². The van der Waals surface area contributed by atoms with Crippen molar-refractivity contribution in [1.82, 2.24) is 10.0 Å². The van der Waals surface area contributed by atoms with Crippen molar-refractivity contribution in [3.05, 3.63) is 23.2 Å². The molecular formula is C15H23ClN2O5S. The average Bonchev–Trinajstić information content (AvgIpc) is 2.52. The highest BCUT2D eigenvalue weighted by molar-refractivity contribution is 7.89. The highest BCUT2D eigenvalue weighted by atomic mass is 35.5. The highest BCUT2D eigenvalue weighted by Crippen LogP contribution is 2.27. The number of aliphatic hydroxyl groups excluding tert-OH is 1. The van der Waals surface area contributed by atoms with Gasteiger partial charge in [-0.15, -0.1) is 0 Å². The molecule has 1 aromatic carbocycles. The minimum Gasteiger partial charge on any atom is -0.482 e. The molecule has 0 aromatic heterocycles. The van der Waals surface area contributed by atoms with Crippen LogP contribution in [0.15, 0.2) is 23.1 Å². The number of ether oxygens (including phenoxy) is 1. The van der Waals surface area contributed by atoms with Gasteiger partial charge in [-0.1, -0.05) is 25.4 Å². The minimum absolute atomic E-state index is 0.00620. The molecule has 0 saturated heterocycles. The Hall–Kier alpha value is -1.35. The first-order valence-electron chi connectivity index (χ1n) is 7.56. The molecule has 1 aromatic rings. The largest absolute Gasteiger partial charge is 0.482 e. The van der Waals surface area contributed by atoms with Crippen LogP contribution in [0.1, 0.15) is 20.3 Å². The van der Waals surface area contributed by atoms with Crippen LogP contribution in [-0.4, -0.2) is 45.7 Å². The topological polar surface area (TPSA) is 105 Å². The van der Waals surface area contributed by atoms with Crippen molar-refractivity contribution >= 4 is 27.5 Å². The van der Waals surface area contributed by atoms with Gasteiger partial charge in [-0.05, 0) is 30.5 Å². The quantitative estimate of drug-likeness (QED) is 0.530. The number of hydrogen-bond acceptors (Lipinski definition) is 5. The molecule has 3 N–H and O–H groups in total. The fourth-order valence-corrected chi connectivity index (χ4v) is 3.17. The van der Waals surface area contributed by atoms with Crippen LogP contribution in [0.4, 0.5) is 0 Å². The van der Waals surface area contributed by atoms with Crippen molar-refractivity contribution in [2.24, 2.45) is 5.92 Å². The molecule has 0 aliphatic carbocycles. The maximum absolute atomic E-state index is 12.1. The number of halogens is 1. The molecule has 1 rings (SSSR count). The molecule has 0 bridgehead atoms. The molecule has 0 atom stereocenters. The fraction of sp³-hybridized carbons (Fsp3) is 0.533. The van der Waals surface area contributed by atoms with Crippen molar-refractivity contribution in [3.8, 4) is 5.75 Å². The van der Waals surface area contributed by atoms with Crippen molar-refractivity contribution in [1.29, 1.82) is 0 Å². The van der Waals surface area contributed by atoms with Crippen molar-refractivity contribution < 1.29 is 23.1 Å². The zero-order valence-electron chi connectivity index (χ0n) is 13.7. The molecule has 1 amide bonds. The summed E-state index contributed by atoms with van der Waals surface area (Å²) in [5.41, 5.74) is 0. The Labute approximate surface area is 147 Å². The van der Waals surface area contributed by atoms with E-state index in [9.17, 15) is 13.2 Å². The number of hydrogen-bond donors (Lipinski definition) is 3. The van der Waals surface area contributed by atoms with Gasteiger partial charge in [-0.3, -0.25) is 4.79 Å².